The first-order valence-corrected chi connectivity index (χ1v) is 5.02. The van der Waals surface area contributed by atoms with Crippen molar-refractivity contribution in [3.8, 4) is 17.6 Å². The molecule has 0 aliphatic heterocycles. The highest BCUT2D eigenvalue weighted by atomic mass is 16.9. The second kappa shape index (κ2) is 5.54. The van der Waals surface area contributed by atoms with Crippen LogP contribution in [0.3, 0.4) is 0 Å². The van der Waals surface area contributed by atoms with E-state index in [9.17, 15) is 0 Å². The van der Waals surface area contributed by atoms with Gasteiger partial charge < -0.3 is 9.68 Å². The van der Waals surface area contributed by atoms with Crippen molar-refractivity contribution >= 4 is 0 Å². The van der Waals surface area contributed by atoms with Crippen molar-refractivity contribution < 1.29 is 9.68 Å². The van der Waals surface area contributed by atoms with Crippen molar-refractivity contribution in [1.82, 2.24) is 5.64 Å². The van der Waals surface area contributed by atoms with E-state index in [4.69, 9.17) is 14.9 Å². The summed E-state index contributed by atoms with van der Waals surface area (Å²) < 4.78 is 0. The van der Waals surface area contributed by atoms with E-state index in [-0.39, 0.29) is 0 Å². The van der Waals surface area contributed by atoms with E-state index in [1.807, 2.05) is 24.3 Å². The number of hydrogen-bond acceptors (Lipinski definition) is 4. The van der Waals surface area contributed by atoms with Crippen LogP contribution in [0, 0.1) is 11.3 Å². The predicted molar refractivity (Wildman–Crippen MR) is 62.0 cm³/mol. The summed E-state index contributed by atoms with van der Waals surface area (Å²) in [6.07, 6.45) is 0. The Labute approximate surface area is 98.9 Å². The topological polar surface area (TPSA) is 54.3 Å². The van der Waals surface area contributed by atoms with Gasteiger partial charge in [0.1, 0.15) is 0 Å². The largest absolute Gasteiger partial charge is 0.374 e. The highest BCUT2D eigenvalue weighted by Gasteiger charge is 1.95. The van der Waals surface area contributed by atoms with Gasteiger partial charge in [-0.3, -0.25) is 0 Å². The molecular formula is C13H10N2O2. The van der Waals surface area contributed by atoms with Crippen LogP contribution in [-0.2, 0) is 0 Å². The Hall–Kier alpha value is -2.51. The summed E-state index contributed by atoms with van der Waals surface area (Å²) in [5.74, 6) is 1.22. The third kappa shape index (κ3) is 3.23. The lowest BCUT2D eigenvalue weighted by Gasteiger charge is -2.07. The zero-order chi connectivity index (χ0) is 11.9. The maximum atomic E-state index is 8.62. The molecule has 4 heteroatoms. The number of para-hydroxylation sites is 1. The normalized spacial score (nSPS) is 9.35. The molecule has 0 saturated heterocycles. The number of benzene rings is 2. The van der Waals surface area contributed by atoms with Crippen molar-refractivity contribution in [2.24, 2.45) is 0 Å². The molecule has 0 bridgehead atoms. The molecule has 0 radical (unpaired) electrons. The third-order valence-electron chi connectivity index (χ3n) is 2.05. The first-order valence-electron chi connectivity index (χ1n) is 5.02. The molecule has 2 aromatic carbocycles. The summed E-state index contributed by atoms with van der Waals surface area (Å²) in [4.78, 5) is 10.3. The molecule has 0 heterocycles. The number of hydrogen-bond donors (Lipinski definition) is 1. The second-order valence-corrected chi connectivity index (χ2v) is 3.24. The Morgan fingerprint density at radius 3 is 2.00 bits per heavy atom. The minimum Gasteiger partial charge on any atom is -0.374 e. The number of nitriles is 1. The van der Waals surface area contributed by atoms with Crippen LogP contribution in [0.25, 0.3) is 0 Å². The van der Waals surface area contributed by atoms with E-state index in [1.165, 1.54) is 0 Å². The Kier molecular flexibility index (Phi) is 3.58. The highest BCUT2D eigenvalue weighted by molar-refractivity contribution is 5.34. The van der Waals surface area contributed by atoms with Gasteiger partial charge in [-0.1, -0.05) is 18.2 Å². The van der Waals surface area contributed by atoms with Gasteiger partial charge in [0.25, 0.3) is 0 Å². The molecule has 17 heavy (non-hydrogen) atoms. The fourth-order valence-corrected chi connectivity index (χ4v) is 1.20. The molecule has 0 fully saturated rings. The van der Waals surface area contributed by atoms with Gasteiger partial charge in [0.15, 0.2) is 11.5 Å². The first kappa shape index (κ1) is 11.0. The van der Waals surface area contributed by atoms with Crippen LogP contribution >= 0.6 is 0 Å². The van der Waals surface area contributed by atoms with Crippen molar-refractivity contribution in [1.29, 1.82) is 5.26 Å². The Morgan fingerprint density at radius 2 is 1.41 bits per heavy atom. The van der Waals surface area contributed by atoms with Gasteiger partial charge in [-0.2, -0.15) is 5.26 Å². The smallest absolute Gasteiger partial charge is 0.151 e. The minimum atomic E-state index is 0.569. The van der Waals surface area contributed by atoms with Crippen LogP contribution in [0.1, 0.15) is 5.56 Å². The van der Waals surface area contributed by atoms with Crippen molar-refractivity contribution in [3.63, 3.8) is 0 Å². The van der Waals surface area contributed by atoms with E-state index < -0.39 is 0 Å². The summed E-state index contributed by atoms with van der Waals surface area (Å²) in [6.45, 7) is 0. The summed E-state index contributed by atoms with van der Waals surface area (Å²) in [5.41, 5.74) is 2.96. The SMILES string of the molecule is N#Cc1ccc(ONOc2ccccc2)cc1. The molecule has 0 aliphatic rings. The predicted octanol–water partition coefficient (Wildman–Crippen LogP) is 2.44. The molecule has 0 unspecified atom stereocenters. The van der Waals surface area contributed by atoms with Crippen LogP contribution in [0.2, 0.25) is 0 Å². The van der Waals surface area contributed by atoms with Crippen LogP contribution < -0.4 is 15.3 Å². The molecule has 0 spiro atoms. The molecule has 0 amide bonds. The molecule has 0 aromatic heterocycles. The van der Waals surface area contributed by atoms with E-state index in [0.29, 0.717) is 17.1 Å². The van der Waals surface area contributed by atoms with Crippen molar-refractivity contribution in [3.05, 3.63) is 60.2 Å². The van der Waals surface area contributed by atoms with E-state index in [1.54, 1.807) is 36.4 Å². The monoisotopic (exact) mass is 226 g/mol. The number of nitrogens with zero attached hydrogens (tertiary/aromatic N) is 1. The molecule has 0 aliphatic carbocycles. The van der Waals surface area contributed by atoms with Crippen molar-refractivity contribution in [2.45, 2.75) is 0 Å². The maximum Gasteiger partial charge on any atom is 0.151 e. The number of rotatable bonds is 4. The fourth-order valence-electron chi connectivity index (χ4n) is 1.20. The van der Waals surface area contributed by atoms with Gasteiger partial charge in [-0.05, 0) is 36.4 Å². The standard InChI is InChI=1S/C13H10N2O2/c14-10-11-6-8-13(9-7-11)17-15-16-12-4-2-1-3-5-12/h1-9,15H. The Morgan fingerprint density at radius 1 is 0.824 bits per heavy atom. The average Bonchev–Trinajstić information content (AvgIpc) is 2.41. The minimum absolute atomic E-state index is 0.569. The lowest BCUT2D eigenvalue weighted by atomic mass is 10.2. The molecule has 2 rings (SSSR count). The third-order valence-corrected chi connectivity index (χ3v) is 2.05. The van der Waals surface area contributed by atoms with Crippen LogP contribution in [0.4, 0.5) is 0 Å². The van der Waals surface area contributed by atoms with E-state index >= 15 is 0 Å². The van der Waals surface area contributed by atoms with Gasteiger partial charge in [0.2, 0.25) is 0 Å². The number of nitrogens with one attached hydrogen (secondary N) is 1. The lowest BCUT2D eigenvalue weighted by molar-refractivity contribution is -0.0191. The Bertz CT molecular complexity index is 503. The van der Waals surface area contributed by atoms with Crippen LogP contribution in [-0.4, -0.2) is 0 Å². The first-order chi connectivity index (χ1) is 8.38. The van der Waals surface area contributed by atoms with Crippen LogP contribution in [0.15, 0.2) is 54.6 Å². The summed E-state index contributed by atoms with van der Waals surface area (Å²) >= 11 is 0. The average molecular weight is 226 g/mol. The second-order valence-electron chi connectivity index (χ2n) is 3.24. The molecule has 1 N–H and O–H groups in total. The fraction of sp³-hybridized carbons (Fsp3) is 0. The summed E-state index contributed by atoms with van der Waals surface area (Å²) in [5, 5.41) is 8.62. The van der Waals surface area contributed by atoms with Crippen molar-refractivity contribution in [2.75, 3.05) is 0 Å². The van der Waals surface area contributed by atoms with E-state index in [0.717, 1.165) is 0 Å². The zero-order valence-corrected chi connectivity index (χ0v) is 8.96. The highest BCUT2D eigenvalue weighted by Crippen LogP contribution is 2.11. The maximum absolute atomic E-state index is 8.62. The molecule has 0 atom stereocenters. The Balaban J connectivity index is 1.84. The van der Waals surface area contributed by atoms with Gasteiger partial charge in [0, 0.05) is 5.64 Å². The van der Waals surface area contributed by atoms with Gasteiger partial charge in [0.05, 0.1) is 11.6 Å². The molecule has 84 valence electrons. The van der Waals surface area contributed by atoms with Gasteiger partial charge in [-0.15, -0.1) is 0 Å². The van der Waals surface area contributed by atoms with E-state index in [2.05, 4.69) is 5.64 Å². The quantitative estimate of drug-likeness (QED) is 0.813. The molecule has 2 aromatic rings. The zero-order valence-electron chi connectivity index (χ0n) is 8.96. The molecule has 4 nitrogen and oxygen atoms in total. The van der Waals surface area contributed by atoms with Gasteiger partial charge >= 0.3 is 0 Å². The molecular weight excluding hydrogens is 216 g/mol. The summed E-state index contributed by atoms with van der Waals surface area (Å²) in [6, 6.07) is 17.9. The lowest BCUT2D eigenvalue weighted by Crippen LogP contribution is -2.22. The van der Waals surface area contributed by atoms with Gasteiger partial charge in [-0.25, -0.2) is 0 Å². The van der Waals surface area contributed by atoms with Crippen LogP contribution in [0.5, 0.6) is 11.5 Å². The summed E-state index contributed by atoms with van der Waals surface area (Å²) in [7, 11) is 0. The molecule has 0 saturated carbocycles.